The van der Waals surface area contributed by atoms with E-state index >= 15 is 0 Å². The Hall–Kier alpha value is -1.77. The zero-order chi connectivity index (χ0) is 12.7. The molecular weight excluding hydrogens is 216 g/mol. The van der Waals surface area contributed by atoms with Crippen LogP contribution in [0.4, 0.5) is 0 Å². The molecule has 0 amide bonds. The molecule has 0 saturated heterocycles. The van der Waals surface area contributed by atoms with E-state index < -0.39 is 5.97 Å². The lowest BCUT2D eigenvalue weighted by atomic mass is 10.1. The highest BCUT2D eigenvalue weighted by atomic mass is 16.5. The number of carbonyl (C=O) groups is 1. The fourth-order valence-electron chi connectivity index (χ4n) is 1.52. The molecule has 0 unspecified atom stereocenters. The van der Waals surface area contributed by atoms with Gasteiger partial charge in [-0.05, 0) is 31.9 Å². The summed E-state index contributed by atoms with van der Waals surface area (Å²) in [7, 11) is 0. The van der Waals surface area contributed by atoms with Crippen molar-refractivity contribution in [3.63, 3.8) is 0 Å². The van der Waals surface area contributed by atoms with E-state index in [1.807, 2.05) is 0 Å². The number of rotatable bonds is 6. The third-order valence-electron chi connectivity index (χ3n) is 2.46. The van der Waals surface area contributed by atoms with Gasteiger partial charge in [0.25, 0.3) is 0 Å². The molecule has 0 bridgehead atoms. The maximum Gasteiger partial charge on any atom is 0.336 e. The summed E-state index contributed by atoms with van der Waals surface area (Å²) in [5, 5.41) is 8.96. The summed E-state index contributed by atoms with van der Waals surface area (Å²) in [5.74, 6) is -0.270. The lowest BCUT2D eigenvalue weighted by Gasteiger charge is -2.09. The van der Waals surface area contributed by atoms with Crippen LogP contribution in [0.2, 0.25) is 0 Å². The minimum atomic E-state index is -0.918. The Morgan fingerprint density at radius 2 is 2.18 bits per heavy atom. The van der Waals surface area contributed by atoms with Crippen LogP contribution in [0.1, 0.15) is 35.7 Å². The van der Waals surface area contributed by atoms with Crippen molar-refractivity contribution < 1.29 is 14.6 Å². The highest BCUT2D eigenvalue weighted by molar-refractivity contribution is 5.90. The Kier molecular flexibility index (Phi) is 5.27. The van der Waals surface area contributed by atoms with Crippen LogP contribution in [0.3, 0.4) is 0 Å². The van der Waals surface area contributed by atoms with E-state index in [1.54, 1.807) is 25.1 Å². The molecule has 3 nitrogen and oxygen atoms in total. The van der Waals surface area contributed by atoms with Crippen LogP contribution in [0, 0.1) is 6.92 Å². The molecule has 0 saturated carbocycles. The standard InChI is InChI=1S/C14H18O3/c1-3-4-5-6-10-17-13-9-7-8-12(11(13)2)14(15)16/h4-5,7-9H,3,6,10H2,1-2H3,(H,15,16). The largest absolute Gasteiger partial charge is 0.493 e. The van der Waals surface area contributed by atoms with Gasteiger partial charge in [0.2, 0.25) is 0 Å². The van der Waals surface area contributed by atoms with Gasteiger partial charge in [0, 0.05) is 5.56 Å². The predicted octanol–water partition coefficient (Wildman–Crippen LogP) is 3.43. The summed E-state index contributed by atoms with van der Waals surface area (Å²) in [4.78, 5) is 10.9. The van der Waals surface area contributed by atoms with E-state index in [1.165, 1.54) is 0 Å². The second-order valence-electron chi connectivity index (χ2n) is 3.75. The van der Waals surface area contributed by atoms with Gasteiger partial charge in [0.15, 0.2) is 0 Å². The Morgan fingerprint density at radius 3 is 2.82 bits per heavy atom. The molecule has 1 N–H and O–H groups in total. The molecule has 0 aromatic heterocycles. The fraction of sp³-hybridized carbons (Fsp3) is 0.357. The topological polar surface area (TPSA) is 46.5 Å². The zero-order valence-corrected chi connectivity index (χ0v) is 10.3. The maximum absolute atomic E-state index is 10.9. The summed E-state index contributed by atoms with van der Waals surface area (Å²) in [6.45, 7) is 4.42. The van der Waals surface area contributed by atoms with Crippen molar-refractivity contribution >= 4 is 5.97 Å². The van der Waals surface area contributed by atoms with Crippen LogP contribution < -0.4 is 4.74 Å². The highest BCUT2D eigenvalue weighted by Crippen LogP contribution is 2.21. The van der Waals surface area contributed by atoms with E-state index in [0.29, 0.717) is 23.5 Å². The third-order valence-corrected chi connectivity index (χ3v) is 2.46. The van der Waals surface area contributed by atoms with E-state index in [2.05, 4.69) is 19.1 Å². The number of benzene rings is 1. The van der Waals surface area contributed by atoms with Gasteiger partial charge in [0.05, 0.1) is 12.2 Å². The van der Waals surface area contributed by atoms with Crippen LogP contribution in [-0.2, 0) is 0 Å². The van der Waals surface area contributed by atoms with Crippen molar-refractivity contribution in [1.82, 2.24) is 0 Å². The number of carboxylic acids is 1. The van der Waals surface area contributed by atoms with Crippen LogP contribution in [0.25, 0.3) is 0 Å². The molecule has 92 valence electrons. The van der Waals surface area contributed by atoms with Gasteiger partial charge >= 0.3 is 5.97 Å². The van der Waals surface area contributed by atoms with Gasteiger partial charge < -0.3 is 9.84 Å². The van der Waals surface area contributed by atoms with Crippen LogP contribution >= 0.6 is 0 Å². The van der Waals surface area contributed by atoms with E-state index in [9.17, 15) is 4.79 Å². The fourth-order valence-corrected chi connectivity index (χ4v) is 1.52. The first kappa shape index (κ1) is 13.3. The summed E-state index contributed by atoms with van der Waals surface area (Å²) in [6, 6.07) is 5.08. The van der Waals surface area contributed by atoms with Gasteiger partial charge in [-0.25, -0.2) is 4.79 Å². The molecule has 0 aliphatic carbocycles. The summed E-state index contributed by atoms with van der Waals surface area (Å²) >= 11 is 0. The quantitative estimate of drug-likeness (QED) is 0.606. The number of hydrogen-bond acceptors (Lipinski definition) is 2. The number of ether oxygens (including phenoxy) is 1. The average molecular weight is 234 g/mol. The Bertz CT molecular complexity index is 408. The molecule has 0 fully saturated rings. The number of aromatic carboxylic acids is 1. The highest BCUT2D eigenvalue weighted by Gasteiger charge is 2.10. The van der Waals surface area contributed by atoms with Crippen LogP contribution in [-0.4, -0.2) is 17.7 Å². The molecule has 1 aromatic carbocycles. The van der Waals surface area contributed by atoms with Crippen molar-refractivity contribution in [2.24, 2.45) is 0 Å². The summed E-state index contributed by atoms with van der Waals surface area (Å²) in [5.41, 5.74) is 0.978. The molecule has 1 aromatic rings. The Balaban J connectivity index is 2.62. The Morgan fingerprint density at radius 1 is 1.41 bits per heavy atom. The molecule has 0 atom stereocenters. The summed E-state index contributed by atoms with van der Waals surface area (Å²) in [6.07, 6.45) is 6.01. The molecule has 17 heavy (non-hydrogen) atoms. The van der Waals surface area contributed by atoms with E-state index in [-0.39, 0.29) is 0 Å². The van der Waals surface area contributed by atoms with Crippen molar-refractivity contribution in [3.8, 4) is 5.75 Å². The zero-order valence-electron chi connectivity index (χ0n) is 10.3. The number of carboxylic acid groups (broad SMARTS) is 1. The monoisotopic (exact) mass is 234 g/mol. The first-order chi connectivity index (χ1) is 8.16. The summed E-state index contributed by atoms with van der Waals surface area (Å²) < 4.78 is 5.56. The molecule has 1 rings (SSSR count). The van der Waals surface area contributed by atoms with Crippen LogP contribution in [0.15, 0.2) is 30.4 Å². The van der Waals surface area contributed by atoms with Crippen molar-refractivity contribution in [2.75, 3.05) is 6.61 Å². The van der Waals surface area contributed by atoms with Gasteiger partial charge in [0.1, 0.15) is 5.75 Å². The van der Waals surface area contributed by atoms with Crippen molar-refractivity contribution in [3.05, 3.63) is 41.5 Å². The van der Waals surface area contributed by atoms with Crippen molar-refractivity contribution in [1.29, 1.82) is 0 Å². The molecule has 0 radical (unpaired) electrons. The number of hydrogen-bond donors (Lipinski definition) is 1. The van der Waals surface area contributed by atoms with E-state index in [4.69, 9.17) is 9.84 Å². The molecule has 0 spiro atoms. The van der Waals surface area contributed by atoms with Gasteiger partial charge in [-0.3, -0.25) is 0 Å². The minimum absolute atomic E-state index is 0.298. The van der Waals surface area contributed by atoms with Crippen molar-refractivity contribution in [2.45, 2.75) is 26.7 Å². The molecule has 0 heterocycles. The van der Waals surface area contributed by atoms with Gasteiger partial charge in [-0.2, -0.15) is 0 Å². The van der Waals surface area contributed by atoms with Gasteiger partial charge in [-0.15, -0.1) is 0 Å². The van der Waals surface area contributed by atoms with E-state index in [0.717, 1.165) is 12.8 Å². The normalized spacial score (nSPS) is 10.7. The smallest absolute Gasteiger partial charge is 0.336 e. The number of allylic oxidation sites excluding steroid dienone is 1. The minimum Gasteiger partial charge on any atom is -0.493 e. The predicted molar refractivity (Wildman–Crippen MR) is 67.7 cm³/mol. The maximum atomic E-state index is 10.9. The van der Waals surface area contributed by atoms with Crippen LogP contribution in [0.5, 0.6) is 5.75 Å². The molecule has 0 aliphatic rings. The SMILES string of the molecule is CCC=CCCOc1cccc(C(=O)O)c1C. The average Bonchev–Trinajstić information content (AvgIpc) is 2.30. The van der Waals surface area contributed by atoms with Gasteiger partial charge in [-0.1, -0.05) is 25.1 Å². The first-order valence-corrected chi connectivity index (χ1v) is 5.77. The molecular formula is C14H18O3. The lowest BCUT2D eigenvalue weighted by molar-refractivity contribution is 0.0695. The third kappa shape index (κ3) is 3.94. The first-order valence-electron chi connectivity index (χ1n) is 5.77. The lowest BCUT2D eigenvalue weighted by Crippen LogP contribution is -2.03. The second kappa shape index (κ2) is 6.74. The Labute approximate surface area is 102 Å². The molecule has 3 heteroatoms. The second-order valence-corrected chi connectivity index (χ2v) is 3.75. The molecule has 0 aliphatic heterocycles.